The highest BCUT2D eigenvalue weighted by Gasteiger charge is 2.11. The number of unbranched alkanes of at least 4 members (excludes halogenated alkanes) is 55. The monoisotopic (exact) mass is 1220 g/mol. The minimum absolute atomic E-state index is 0.204. The van der Waals surface area contributed by atoms with E-state index in [9.17, 15) is 0 Å². The molecule has 2 unspecified atom stereocenters. The van der Waals surface area contributed by atoms with Gasteiger partial charge in [-0.25, -0.2) is 0 Å². The molecule has 520 valence electrons. The fraction of sp³-hybridized carbons (Fsp3) is 1.00. The number of rotatable bonds is 78. The third-order valence-corrected chi connectivity index (χ3v) is 18.3. The molecule has 0 heterocycles. The average molecular weight is 1220 g/mol. The SMILES string of the molecule is CCCCCCCCCCCCCCCCOCC(CCCCNCC)OCCCCCCCCCCCCCCCC.CCCCCCCCCCCCCCCCOCC(CNCCCCC)OCCCCCCCCCCCCCCCC. The van der Waals surface area contributed by atoms with Gasteiger partial charge in [0.15, 0.2) is 0 Å². The third kappa shape index (κ3) is 81.8. The topological polar surface area (TPSA) is 61.0 Å². The molecule has 0 aromatic carbocycles. The fourth-order valence-corrected chi connectivity index (χ4v) is 12.3. The minimum atomic E-state index is 0.204. The molecule has 2 atom stereocenters. The van der Waals surface area contributed by atoms with Crippen molar-refractivity contribution < 1.29 is 18.9 Å². The van der Waals surface area contributed by atoms with Gasteiger partial charge in [-0.1, -0.05) is 388 Å². The second-order valence-corrected chi connectivity index (χ2v) is 27.3. The Morgan fingerprint density at radius 2 is 0.430 bits per heavy atom. The Balaban J connectivity index is 0. The molecule has 0 radical (unpaired) electrons. The molecule has 6 heteroatoms. The van der Waals surface area contributed by atoms with Crippen LogP contribution in [-0.2, 0) is 18.9 Å². The highest BCUT2D eigenvalue weighted by molar-refractivity contribution is 4.64. The van der Waals surface area contributed by atoms with E-state index in [1.807, 2.05) is 0 Å². The molecule has 0 fully saturated rings. The lowest BCUT2D eigenvalue weighted by atomic mass is 10.0. The summed E-state index contributed by atoms with van der Waals surface area (Å²) in [5, 5.41) is 7.07. The summed E-state index contributed by atoms with van der Waals surface area (Å²) < 4.78 is 24.8. The summed E-state index contributed by atoms with van der Waals surface area (Å²) in [6, 6.07) is 0. The zero-order valence-electron chi connectivity index (χ0n) is 60.7. The molecule has 0 aliphatic carbocycles. The molecule has 0 aliphatic rings. The van der Waals surface area contributed by atoms with Crippen molar-refractivity contribution in [3.05, 3.63) is 0 Å². The van der Waals surface area contributed by atoms with Gasteiger partial charge in [-0.05, 0) is 71.0 Å². The maximum atomic E-state index is 6.33. The maximum Gasteiger partial charge on any atom is 0.0932 e. The molecule has 2 N–H and O–H groups in total. The van der Waals surface area contributed by atoms with Gasteiger partial charge in [0.25, 0.3) is 0 Å². The smallest absolute Gasteiger partial charge is 0.0932 e. The second-order valence-electron chi connectivity index (χ2n) is 27.3. The lowest BCUT2D eigenvalue weighted by molar-refractivity contribution is -0.0234. The van der Waals surface area contributed by atoms with Gasteiger partial charge in [-0.15, -0.1) is 0 Å². The summed E-state index contributed by atoms with van der Waals surface area (Å²) in [6.07, 6.45) is 86.7. The predicted molar refractivity (Wildman–Crippen MR) is 387 cm³/mol. The molecular formula is C80H166N2O4. The lowest BCUT2D eigenvalue weighted by Gasteiger charge is -2.19. The average Bonchev–Trinajstić information content (AvgIpc) is 3.54. The van der Waals surface area contributed by atoms with E-state index in [0.717, 1.165) is 72.2 Å². The van der Waals surface area contributed by atoms with Crippen molar-refractivity contribution in [3.63, 3.8) is 0 Å². The molecule has 0 amide bonds. The van der Waals surface area contributed by atoms with Gasteiger partial charge in [-0.2, -0.15) is 0 Å². The van der Waals surface area contributed by atoms with Crippen molar-refractivity contribution in [3.8, 4) is 0 Å². The van der Waals surface area contributed by atoms with Gasteiger partial charge < -0.3 is 29.6 Å². The standard InChI is InChI=1S/2C40H83NO2/c1-4-7-9-11-13-15-17-19-21-23-25-27-29-33-37-42-39-40(35-31-32-36-41-6-3)43-38-34-30-28-26-24-22-20-18-16-14-12-10-8-5-2;1-4-7-10-12-14-16-18-20-22-24-26-28-30-33-36-42-39-40(38-41-35-32-9-6-3)43-37-34-31-29-27-25-23-21-19-17-15-13-11-8-5-2/h2*40-41H,4-39H2,1-3H3. The van der Waals surface area contributed by atoms with E-state index < -0.39 is 0 Å². The molecule has 6 nitrogen and oxygen atoms in total. The van der Waals surface area contributed by atoms with E-state index >= 15 is 0 Å². The first-order chi connectivity index (χ1) is 42.7. The fourth-order valence-electron chi connectivity index (χ4n) is 12.3. The third-order valence-electron chi connectivity index (χ3n) is 18.3. The van der Waals surface area contributed by atoms with Crippen LogP contribution >= 0.6 is 0 Å². The molecule has 0 spiro atoms. The Bertz CT molecular complexity index is 1030. The van der Waals surface area contributed by atoms with Crippen LogP contribution in [0.3, 0.4) is 0 Å². The summed E-state index contributed by atoms with van der Waals surface area (Å²) in [6.45, 7) is 23.0. The summed E-state index contributed by atoms with van der Waals surface area (Å²) in [5.74, 6) is 0. The van der Waals surface area contributed by atoms with Gasteiger partial charge in [0, 0.05) is 33.0 Å². The summed E-state index contributed by atoms with van der Waals surface area (Å²) in [4.78, 5) is 0. The second kappa shape index (κ2) is 84.8. The molecule has 0 aliphatic heterocycles. The van der Waals surface area contributed by atoms with E-state index in [4.69, 9.17) is 18.9 Å². The van der Waals surface area contributed by atoms with Crippen LogP contribution in [0.5, 0.6) is 0 Å². The molecule has 86 heavy (non-hydrogen) atoms. The number of nitrogens with one attached hydrogen (secondary N) is 2. The maximum absolute atomic E-state index is 6.33. The first-order valence-electron chi connectivity index (χ1n) is 40.5. The summed E-state index contributed by atoms with van der Waals surface area (Å²) >= 11 is 0. The molecule has 0 bridgehead atoms. The Hall–Kier alpha value is -0.240. The van der Waals surface area contributed by atoms with Gasteiger partial charge in [0.1, 0.15) is 0 Å². The van der Waals surface area contributed by atoms with E-state index in [1.54, 1.807) is 0 Å². The van der Waals surface area contributed by atoms with E-state index in [2.05, 4.69) is 52.2 Å². The predicted octanol–water partition coefficient (Wildman–Crippen LogP) is 26.3. The van der Waals surface area contributed by atoms with Crippen molar-refractivity contribution in [1.29, 1.82) is 0 Å². The van der Waals surface area contributed by atoms with Crippen LogP contribution in [0.15, 0.2) is 0 Å². The first kappa shape index (κ1) is 87.8. The zero-order valence-corrected chi connectivity index (χ0v) is 60.7. The van der Waals surface area contributed by atoms with Crippen molar-refractivity contribution in [2.24, 2.45) is 0 Å². The number of hydrogen-bond acceptors (Lipinski definition) is 6. The van der Waals surface area contributed by atoms with Crippen LogP contribution in [0.2, 0.25) is 0 Å². The number of hydrogen-bond donors (Lipinski definition) is 2. The quantitative estimate of drug-likeness (QED) is 0.0592. The highest BCUT2D eigenvalue weighted by atomic mass is 16.5. The highest BCUT2D eigenvalue weighted by Crippen LogP contribution is 2.18. The lowest BCUT2D eigenvalue weighted by Crippen LogP contribution is -2.34. The molecule has 0 saturated carbocycles. The van der Waals surface area contributed by atoms with Crippen molar-refractivity contribution in [1.82, 2.24) is 10.6 Å². The van der Waals surface area contributed by atoms with E-state index in [0.29, 0.717) is 0 Å². The Kier molecular flexibility index (Phi) is 86.6. The largest absolute Gasteiger partial charge is 0.379 e. The van der Waals surface area contributed by atoms with Crippen LogP contribution in [0.25, 0.3) is 0 Å². The number of ether oxygens (including phenoxy) is 4. The van der Waals surface area contributed by atoms with E-state index in [-0.39, 0.29) is 12.2 Å². The van der Waals surface area contributed by atoms with Gasteiger partial charge >= 0.3 is 0 Å². The molecule has 0 aromatic heterocycles. The van der Waals surface area contributed by atoms with Crippen molar-refractivity contribution in [2.75, 3.05) is 65.8 Å². The molecular weight excluding hydrogens is 1050 g/mol. The van der Waals surface area contributed by atoms with Crippen molar-refractivity contribution >= 4 is 0 Å². The summed E-state index contributed by atoms with van der Waals surface area (Å²) in [7, 11) is 0. The van der Waals surface area contributed by atoms with Crippen molar-refractivity contribution in [2.45, 2.75) is 452 Å². The van der Waals surface area contributed by atoms with Gasteiger partial charge in [-0.3, -0.25) is 0 Å². The van der Waals surface area contributed by atoms with Crippen LogP contribution in [0, 0.1) is 0 Å². The molecule has 0 aromatic rings. The van der Waals surface area contributed by atoms with E-state index in [1.165, 1.54) is 392 Å². The first-order valence-corrected chi connectivity index (χ1v) is 40.5. The summed E-state index contributed by atoms with van der Waals surface area (Å²) in [5.41, 5.74) is 0. The Morgan fingerprint density at radius 3 is 0.721 bits per heavy atom. The van der Waals surface area contributed by atoms with Gasteiger partial charge in [0.2, 0.25) is 0 Å². The zero-order chi connectivity index (χ0) is 62.3. The molecule has 0 saturated heterocycles. The minimum Gasteiger partial charge on any atom is -0.379 e. The van der Waals surface area contributed by atoms with Crippen LogP contribution in [-0.4, -0.2) is 78.0 Å². The van der Waals surface area contributed by atoms with Crippen LogP contribution in [0.1, 0.15) is 440 Å². The Morgan fingerprint density at radius 1 is 0.209 bits per heavy atom. The van der Waals surface area contributed by atoms with Gasteiger partial charge in [0.05, 0.1) is 25.4 Å². The van der Waals surface area contributed by atoms with Crippen LogP contribution in [0.4, 0.5) is 0 Å². The molecule has 0 rings (SSSR count). The normalized spacial score (nSPS) is 12.3. The van der Waals surface area contributed by atoms with Crippen LogP contribution < -0.4 is 10.6 Å². The Labute approximate surface area is 544 Å².